The van der Waals surface area contributed by atoms with Gasteiger partial charge in [-0.25, -0.2) is 9.18 Å². The molecule has 0 aliphatic carbocycles. The molecule has 28 heavy (non-hydrogen) atoms. The Kier molecular flexibility index (Phi) is 6.06. The Morgan fingerprint density at radius 3 is 2.36 bits per heavy atom. The lowest BCUT2D eigenvalue weighted by Gasteiger charge is -2.10. The molecule has 0 spiro atoms. The molecule has 0 saturated carbocycles. The molecule has 0 aliphatic rings. The maximum absolute atomic E-state index is 13.8. The largest absolute Gasteiger partial charge is 0.496 e. The third-order valence-corrected chi connectivity index (χ3v) is 4.32. The van der Waals surface area contributed by atoms with Crippen LogP contribution in [0.1, 0.15) is 20.7 Å². The molecule has 3 rings (SSSR count). The number of hydrogen-bond acceptors (Lipinski definition) is 4. The van der Waals surface area contributed by atoms with E-state index in [1.165, 1.54) is 31.4 Å². The molecule has 0 saturated heterocycles. The van der Waals surface area contributed by atoms with Crippen LogP contribution in [0.3, 0.4) is 0 Å². The minimum Gasteiger partial charge on any atom is -0.496 e. The van der Waals surface area contributed by atoms with Gasteiger partial charge >= 0.3 is 5.97 Å². The van der Waals surface area contributed by atoms with Crippen molar-refractivity contribution < 1.29 is 23.5 Å². The standard InChI is InChI=1S/C21H15BrFNO4/c1-27-19-5-3-2-4-17(19)20(25)24-14-7-9-15(10-8-14)28-21(26)16-11-6-13(22)12-18(16)23/h2-12H,1H3,(H,24,25). The SMILES string of the molecule is COc1ccccc1C(=O)Nc1ccc(OC(=O)c2ccc(Br)cc2F)cc1. The number of para-hydroxylation sites is 1. The Labute approximate surface area is 169 Å². The number of hydrogen-bond donors (Lipinski definition) is 1. The Balaban J connectivity index is 1.68. The topological polar surface area (TPSA) is 64.6 Å². The number of carbonyl (C=O) groups is 2. The van der Waals surface area contributed by atoms with E-state index in [4.69, 9.17) is 9.47 Å². The van der Waals surface area contributed by atoms with Crippen molar-refractivity contribution in [2.75, 3.05) is 12.4 Å². The van der Waals surface area contributed by atoms with Crippen molar-refractivity contribution in [2.24, 2.45) is 0 Å². The van der Waals surface area contributed by atoms with Crippen molar-refractivity contribution in [3.63, 3.8) is 0 Å². The molecule has 0 heterocycles. The Morgan fingerprint density at radius 1 is 0.964 bits per heavy atom. The highest BCUT2D eigenvalue weighted by molar-refractivity contribution is 9.10. The summed E-state index contributed by atoms with van der Waals surface area (Å²) in [5.41, 5.74) is 0.730. The van der Waals surface area contributed by atoms with Gasteiger partial charge in [-0.15, -0.1) is 0 Å². The summed E-state index contributed by atoms with van der Waals surface area (Å²) >= 11 is 3.13. The van der Waals surface area contributed by atoms with Crippen LogP contribution in [0.4, 0.5) is 10.1 Å². The second-order valence-electron chi connectivity index (χ2n) is 5.69. The normalized spacial score (nSPS) is 10.2. The summed E-state index contributed by atoms with van der Waals surface area (Å²) in [6.07, 6.45) is 0. The summed E-state index contributed by atoms with van der Waals surface area (Å²) < 4.78 is 24.7. The van der Waals surface area contributed by atoms with Crippen LogP contribution >= 0.6 is 15.9 Å². The van der Waals surface area contributed by atoms with Crippen LogP contribution in [0.5, 0.6) is 11.5 Å². The Morgan fingerprint density at radius 2 is 1.68 bits per heavy atom. The lowest BCUT2D eigenvalue weighted by Crippen LogP contribution is -2.13. The molecule has 3 aromatic rings. The van der Waals surface area contributed by atoms with Gasteiger partial charge < -0.3 is 14.8 Å². The summed E-state index contributed by atoms with van der Waals surface area (Å²) in [5.74, 6) is -1.14. The molecular weight excluding hydrogens is 429 g/mol. The average molecular weight is 444 g/mol. The van der Waals surface area contributed by atoms with Crippen molar-refractivity contribution in [1.82, 2.24) is 0 Å². The molecule has 0 fully saturated rings. The fraction of sp³-hybridized carbons (Fsp3) is 0.0476. The third-order valence-electron chi connectivity index (χ3n) is 3.83. The minimum atomic E-state index is -0.809. The summed E-state index contributed by atoms with van der Waals surface area (Å²) in [7, 11) is 1.49. The van der Waals surface area contributed by atoms with E-state index < -0.39 is 11.8 Å². The number of carbonyl (C=O) groups excluding carboxylic acids is 2. The molecule has 5 nitrogen and oxygen atoms in total. The highest BCUT2D eigenvalue weighted by atomic mass is 79.9. The van der Waals surface area contributed by atoms with Crippen LogP contribution in [0.2, 0.25) is 0 Å². The maximum atomic E-state index is 13.8. The lowest BCUT2D eigenvalue weighted by atomic mass is 10.2. The molecule has 0 bridgehead atoms. The van der Waals surface area contributed by atoms with Crippen LogP contribution < -0.4 is 14.8 Å². The van der Waals surface area contributed by atoms with Crippen LogP contribution in [-0.4, -0.2) is 19.0 Å². The number of methoxy groups -OCH3 is 1. The number of esters is 1. The average Bonchev–Trinajstić information content (AvgIpc) is 2.69. The van der Waals surface area contributed by atoms with Gasteiger partial charge in [-0.1, -0.05) is 28.1 Å². The first kappa shape index (κ1) is 19.6. The van der Waals surface area contributed by atoms with Crippen molar-refractivity contribution >= 4 is 33.5 Å². The van der Waals surface area contributed by atoms with E-state index in [1.807, 2.05) is 0 Å². The molecule has 1 amide bonds. The predicted molar refractivity (Wildman–Crippen MR) is 106 cm³/mol. The van der Waals surface area contributed by atoms with Crippen LogP contribution in [0, 0.1) is 5.82 Å². The molecule has 0 atom stereocenters. The number of benzene rings is 3. The van der Waals surface area contributed by atoms with Gasteiger partial charge in [-0.3, -0.25) is 4.79 Å². The Hall–Kier alpha value is -3.19. The first-order chi connectivity index (χ1) is 13.5. The fourth-order valence-corrected chi connectivity index (χ4v) is 2.79. The summed E-state index contributed by atoms with van der Waals surface area (Å²) in [5, 5.41) is 2.74. The monoisotopic (exact) mass is 443 g/mol. The van der Waals surface area contributed by atoms with Gasteiger partial charge in [-0.2, -0.15) is 0 Å². The van der Waals surface area contributed by atoms with E-state index in [1.54, 1.807) is 42.5 Å². The van der Waals surface area contributed by atoms with Crippen molar-refractivity contribution in [3.8, 4) is 11.5 Å². The van der Waals surface area contributed by atoms with Gasteiger partial charge in [0.25, 0.3) is 5.91 Å². The molecule has 0 unspecified atom stereocenters. The zero-order chi connectivity index (χ0) is 20.1. The van der Waals surface area contributed by atoms with E-state index in [0.29, 0.717) is 21.5 Å². The highest BCUT2D eigenvalue weighted by Gasteiger charge is 2.15. The number of anilines is 1. The number of amides is 1. The molecule has 0 aliphatic heterocycles. The van der Waals surface area contributed by atoms with Crippen LogP contribution in [-0.2, 0) is 0 Å². The molecule has 142 valence electrons. The fourth-order valence-electron chi connectivity index (χ4n) is 2.45. The van der Waals surface area contributed by atoms with Gasteiger partial charge in [0, 0.05) is 10.2 Å². The Bertz CT molecular complexity index is 1020. The van der Waals surface area contributed by atoms with Gasteiger partial charge in [0.15, 0.2) is 0 Å². The second kappa shape index (κ2) is 8.67. The van der Waals surface area contributed by atoms with Gasteiger partial charge in [0.2, 0.25) is 0 Å². The van der Waals surface area contributed by atoms with E-state index >= 15 is 0 Å². The van der Waals surface area contributed by atoms with Crippen LogP contribution in [0.25, 0.3) is 0 Å². The number of halogens is 2. The first-order valence-electron chi connectivity index (χ1n) is 8.19. The van der Waals surface area contributed by atoms with Crippen molar-refractivity contribution in [3.05, 3.63) is 88.1 Å². The summed E-state index contributed by atoms with van der Waals surface area (Å²) in [6.45, 7) is 0. The first-order valence-corrected chi connectivity index (χ1v) is 8.99. The third kappa shape index (κ3) is 4.55. The van der Waals surface area contributed by atoms with E-state index in [2.05, 4.69) is 21.2 Å². The molecule has 1 N–H and O–H groups in total. The number of ether oxygens (including phenoxy) is 2. The molecule has 7 heteroatoms. The zero-order valence-corrected chi connectivity index (χ0v) is 16.3. The predicted octanol–water partition coefficient (Wildman–Crippen LogP) is 5.07. The quantitative estimate of drug-likeness (QED) is 0.441. The van der Waals surface area contributed by atoms with E-state index in [9.17, 15) is 14.0 Å². The smallest absolute Gasteiger partial charge is 0.346 e. The molecule has 0 aromatic heterocycles. The molecule has 3 aromatic carbocycles. The minimum absolute atomic E-state index is 0.170. The van der Waals surface area contributed by atoms with Crippen molar-refractivity contribution in [1.29, 1.82) is 0 Å². The lowest BCUT2D eigenvalue weighted by molar-refractivity contribution is 0.0729. The maximum Gasteiger partial charge on any atom is 0.346 e. The second-order valence-corrected chi connectivity index (χ2v) is 6.61. The van der Waals surface area contributed by atoms with Crippen LogP contribution in [0.15, 0.2) is 71.2 Å². The van der Waals surface area contributed by atoms with Gasteiger partial charge in [0.05, 0.1) is 18.2 Å². The molecule has 0 radical (unpaired) electrons. The van der Waals surface area contributed by atoms with E-state index in [-0.39, 0.29) is 17.2 Å². The summed E-state index contributed by atoms with van der Waals surface area (Å²) in [4.78, 5) is 24.5. The number of rotatable bonds is 5. The van der Waals surface area contributed by atoms with E-state index in [0.717, 1.165) is 0 Å². The van der Waals surface area contributed by atoms with Gasteiger partial charge in [-0.05, 0) is 54.6 Å². The molecular formula is C21H15BrFNO4. The zero-order valence-electron chi connectivity index (χ0n) is 14.7. The van der Waals surface area contributed by atoms with Crippen molar-refractivity contribution in [2.45, 2.75) is 0 Å². The van der Waals surface area contributed by atoms with Gasteiger partial charge in [0.1, 0.15) is 17.3 Å². The number of nitrogens with one attached hydrogen (secondary N) is 1. The summed E-state index contributed by atoms with van der Waals surface area (Å²) in [6, 6.07) is 17.1. The highest BCUT2D eigenvalue weighted by Crippen LogP contribution is 2.22.